The Morgan fingerprint density at radius 1 is 0.780 bits per heavy atom. The van der Waals surface area contributed by atoms with Crippen molar-refractivity contribution >= 4 is 35.5 Å². The molecular formula is C26H41N7O8. The number of aliphatic hydroxyl groups excluding tert-OH is 1. The average molecular weight is 580 g/mol. The Hall–Kier alpha value is -4.08. The predicted octanol–water partition coefficient (Wildman–Crippen LogP) is -3.01. The third kappa shape index (κ3) is 13.2. The molecule has 1 aromatic rings. The lowest BCUT2D eigenvalue weighted by molar-refractivity contribution is -0.142. The van der Waals surface area contributed by atoms with E-state index in [-0.39, 0.29) is 25.7 Å². The summed E-state index contributed by atoms with van der Waals surface area (Å²) in [5, 5.41) is 28.8. The smallest absolute Gasteiger partial charge is 0.326 e. The second kappa shape index (κ2) is 18.3. The lowest BCUT2D eigenvalue weighted by Gasteiger charge is -2.26. The van der Waals surface area contributed by atoms with Crippen LogP contribution in [0.25, 0.3) is 0 Å². The van der Waals surface area contributed by atoms with E-state index in [1.54, 1.807) is 30.3 Å². The van der Waals surface area contributed by atoms with E-state index < -0.39 is 72.3 Å². The number of nitrogens with one attached hydrogen (secondary N) is 4. The highest BCUT2D eigenvalue weighted by Gasteiger charge is 2.31. The Kier molecular flexibility index (Phi) is 15.6. The van der Waals surface area contributed by atoms with Gasteiger partial charge in [-0.15, -0.1) is 0 Å². The van der Waals surface area contributed by atoms with Crippen LogP contribution in [0, 0.1) is 0 Å². The summed E-state index contributed by atoms with van der Waals surface area (Å²) in [5.74, 6) is -5.31. The largest absolute Gasteiger partial charge is 0.480 e. The number of hydrogen-bond acceptors (Lipinski definition) is 9. The molecule has 0 bridgehead atoms. The van der Waals surface area contributed by atoms with Crippen LogP contribution in [0.2, 0.25) is 0 Å². The zero-order valence-electron chi connectivity index (χ0n) is 23.0. The number of hydrogen-bond donors (Lipinski definition) is 9. The van der Waals surface area contributed by atoms with Crippen molar-refractivity contribution in [1.82, 2.24) is 21.3 Å². The number of carbonyl (C=O) groups excluding carboxylic acids is 5. The molecule has 0 aliphatic rings. The molecule has 0 radical (unpaired) electrons. The lowest BCUT2D eigenvalue weighted by atomic mass is 10.0. The third-order valence-corrected chi connectivity index (χ3v) is 6.02. The molecule has 0 aliphatic carbocycles. The van der Waals surface area contributed by atoms with E-state index in [1.165, 1.54) is 6.92 Å². The minimum Gasteiger partial charge on any atom is -0.480 e. The normalized spacial score (nSPS) is 14.4. The van der Waals surface area contributed by atoms with Crippen molar-refractivity contribution in [1.29, 1.82) is 0 Å². The summed E-state index contributed by atoms with van der Waals surface area (Å²) >= 11 is 0. The summed E-state index contributed by atoms with van der Waals surface area (Å²) in [6.07, 6.45) is 0.430. The Morgan fingerprint density at radius 2 is 1.29 bits per heavy atom. The summed E-state index contributed by atoms with van der Waals surface area (Å²) in [5.41, 5.74) is 16.9. The van der Waals surface area contributed by atoms with Gasteiger partial charge in [-0.05, 0) is 44.7 Å². The summed E-state index contributed by atoms with van der Waals surface area (Å²) in [6.45, 7) is 0.924. The van der Waals surface area contributed by atoms with Crippen LogP contribution in [-0.4, -0.2) is 89.1 Å². The van der Waals surface area contributed by atoms with Gasteiger partial charge in [0.25, 0.3) is 0 Å². The number of unbranched alkanes of at least 4 members (excludes halogenated alkanes) is 1. The van der Waals surface area contributed by atoms with Crippen LogP contribution in [0.4, 0.5) is 0 Å². The van der Waals surface area contributed by atoms with Crippen LogP contribution in [0.5, 0.6) is 0 Å². The summed E-state index contributed by atoms with van der Waals surface area (Å²) < 4.78 is 0. The number of amides is 5. The molecule has 41 heavy (non-hydrogen) atoms. The van der Waals surface area contributed by atoms with Crippen molar-refractivity contribution in [3.8, 4) is 0 Å². The molecule has 0 saturated heterocycles. The molecule has 15 heteroatoms. The molecule has 0 heterocycles. The molecule has 5 amide bonds. The fraction of sp³-hybridized carbons (Fsp3) is 0.538. The molecule has 0 spiro atoms. The Bertz CT molecular complexity index is 1040. The van der Waals surface area contributed by atoms with E-state index >= 15 is 0 Å². The van der Waals surface area contributed by atoms with Crippen LogP contribution in [-0.2, 0) is 35.2 Å². The predicted molar refractivity (Wildman–Crippen MR) is 148 cm³/mol. The maximum Gasteiger partial charge on any atom is 0.326 e. The van der Waals surface area contributed by atoms with Crippen LogP contribution in [0.15, 0.2) is 30.3 Å². The number of nitrogens with two attached hydrogens (primary N) is 3. The van der Waals surface area contributed by atoms with Crippen LogP contribution in [0.1, 0.15) is 44.6 Å². The third-order valence-electron chi connectivity index (χ3n) is 6.02. The molecule has 0 unspecified atom stereocenters. The molecule has 0 saturated carbocycles. The van der Waals surface area contributed by atoms with E-state index in [0.717, 1.165) is 0 Å². The zero-order valence-corrected chi connectivity index (χ0v) is 23.0. The number of carboxylic acids is 1. The van der Waals surface area contributed by atoms with Crippen molar-refractivity contribution in [3.63, 3.8) is 0 Å². The SMILES string of the molecule is C[C@H](N)C(=O)N[C@@H](CO)C(=O)N[C@@H](CCCCN)C(=O)N[C@@H](CCC(N)=O)C(=O)N[C@@H](Cc1ccccc1)C(=O)O. The lowest BCUT2D eigenvalue weighted by Crippen LogP contribution is -2.59. The van der Waals surface area contributed by atoms with Gasteiger partial charge in [-0.25, -0.2) is 4.79 Å². The fourth-order valence-corrected chi connectivity index (χ4v) is 3.68. The number of aliphatic hydroxyl groups is 1. The van der Waals surface area contributed by atoms with Gasteiger partial charge in [-0.1, -0.05) is 30.3 Å². The highest BCUT2D eigenvalue weighted by molar-refractivity contribution is 5.95. The van der Waals surface area contributed by atoms with Crippen molar-refractivity contribution in [2.45, 2.75) is 75.7 Å². The van der Waals surface area contributed by atoms with Gasteiger partial charge >= 0.3 is 5.97 Å². The quantitative estimate of drug-likeness (QED) is 0.0749. The first-order valence-electron chi connectivity index (χ1n) is 13.2. The van der Waals surface area contributed by atoms with Crippen molar-refractivity contribution in [2.24, 2.45) is 17.2 Å². The first-order chi connectivity index (χ1) is 19.4. The van der Waals surface area contributed by atoms with Crippen LogP contribution >= 0.6 is 0 Å². The topological polar surface area (TPSA) is 269 Å². The second-order valence-electron chi connectivity index (χ2n) is 9.53. The summed E-state index contributed by atoms with van der Waals surface area (Å²) in [4.78, 5) is 74.3. The minimum absolute atomic E-state index is 0.0359. The van der Waals surface area contributed by atoms with Crippen LogP contribution < -0.4 is 38.5 Å². The van der Waals surface area contributed by atoms with Crippen molar-refractivity contribution in [2.75, 3.05) is 13.2 Å². The van der Waals surface area contributed by atoms with E-state index in [0.29, 0.717) is 24.9 Å². The molecule has 5 atom stereocenters. The molecule has 12 N–H and O–H groups in total. The number of rotatable bonds is 19. The monoisotopic (exact) mass is 579 g/mol. The number of aliphatic carboxylic acids is 1. The van der Waals surface area contributed by atoms with Gasteiger partial charge in [0, 0.05) is 12.8 Å². The van der Waals surface area contributed by atoms with Gasteiger partial charge in [0.1, 0.15) is 24.2 Å². The van der Waals surface area contributed by atoms with E-state index in [4.69, 9.17) is 17.2 Å². The molecule has 1 rings (SSSR count). The van der Waals surface area contributed by atoms with Gasteiger partial charge in [-0.3, -0.25) is 24.0 Å². The average Bonchev–Trinajstić information content (AvgIpc) is 2.92. The number of primary amides is 1. The highest BCUT2D eigenvalue weighted by Crippen LogP contribution is 2.07. The Morgan fingerprint density at radius 3 is 1.78 bits per heavy atom. The Balaban J connectivity index is 3.09. The minimum atomic E-state index is -1.40. The summed E-state index contributed by atoms with van der Waals surface area (Å²) in [6, 6.07) is 2.29. The van der Waals surface area contributed by atoms with E-state index in [1.807, 2.05) is 0 Å². The first-order valence-corrected chi connectivity index (χ1v) is 13.2. The van der Waals surface area contributed by atoms with Gasteiger partial charge in [0.2, 0.25) is 29.5 Å². The van der Waals surface area contributed by atoms with Gasteiger partial charge in [0.15, 0.2) is 0 Å². The molecule has 228 valence electrons. The van der Waals surface area contributed by atoms with E-state index in [9.17, 15) is 39.0 Å². The number of benzene rings is 1. The van der Waals surface area contributed by atoms with Gasteiger partial charge in [0.05, 0.1) is 12.6 Å². The summed E-state index contributed by atoms with van der Waals surface area (Å²) in [7, 11) is 0. The first kappa shape index (κ1) is 34.9. The Labute approximate surface area is 238 Å². The van der Waals surface area contributed by atoms with Crippen molar-refractivity contribution in [3.05, 3.63) is 35.9 Å². The molecule has 0 fully saturated rings. The van der Waals surface area contributed by atoms with Gasteiger partial charge in [-0.2, -0.15) is 0 Å². The maximum absolute atomic E-state index is 13.2. The zero-order chi connectivity index (χ0) is 30.9. The van der Waals surface area contributed by atoms with Crippen LogP contribution in [0.3, 0.4) is 0 Å². The molecule has 15 nitrogen and oxygen atoms in total. The highest BCUT2D eigenvalue weighted by atomic mass is 16.4. The van der Waals surface area contributed by atoms with Gasteiger partial charge < -0.3 is 48.7 Å². The molecule has 1 aromatic carbocycles. The van der Waals surface area contributed by atoms with E-state index in [2.05, 4.69) is 21.3 Å². The fourth-order valence-electron chi connectivity index (χ4n) is 3.68. The van der Waals surface area contributed by atoms with Crippen molar-refractivity contribution < 1.29 is 39.0 Å². The number of carboxylic acid groups (broad SMARTS) is 1. The second-order valence-corrected chi connectivity index (χ2v) is 9.53. The standard InChI is InChI=1S/C26H41N7O8/c1-15(28)22(36)33-20(14-34)25(39)30-17(9-5-6-12-27)23(37)31-18(10-11-21(29)35)24(38)32-19(26(40)41)13-16-7-3-2-4-8-16/h2-4,7-8,15,17-20,34H,5-6,9-14,27-28H2,1H3,(H2,29,35)(H,30,39)(H,31,37)(H,32,38)(H,33,36)(H,40,41)/t15-,17-,18-,19-,20-/m0/s1. The molecule has 0 aliphatic heterocycles. The molecule has 0 aromatic heterocycles. The molecular weight excluding hydrogens is 538 g/mol. The number of carbonyl (C=O) groups is 6. The maximum atomic E-state index is 13.2.